The van der Waals surface area contributed by atoms with Crippen molar-refractivity contribution in [3.8, 4) is 0 Å². The molecule has 5 heterocycles. The molecule has 4 aliphatic rings. The van der Waals surface area contributed by atoms with E-state index in [2.05, 4.69) is 25.8 Å². The van der Waals surface area contributed by atoms with Gasteiger partial charge in [-0.25, -0.2) is 9.97 Å². The van der Waals surface area contributed by atoms with Crippen LogP contribution >= 0.6 is 11.3 Å². The largest absolute Gasteiger partial charge is 0.352 e. The number of piperazine rings is 1. The van der Waals surface area contributed by atoms with Crippen molar-refractivity contribution in [1.82, 2.24) is 14.9 Å². The standard InChI is InChI=1S/C17H18N4OS/c22-17(15-2-1-5-23-15)21-12-6-13(21)9-20(8-12)16-7-14(11-3-4-11)18-10-19-16/h1-2,5,7,10-13H,3-4,6,8-9H2. The number of carbonyl (C=O) groups is 1. The van der Waals surface area contributed by atoms with Crippen LogP contribution in [0, 0.1) is 0 Å². The minimum Gasteiger partial charge on any atom is -0.352 e. The Morgan fingerprint density at radius 2 is 2.04 bits per heavy atom. The van der Waals surface area contributed by atoms with E-state index in [0.717, 1.165) is 30.2 Å². The molecule has 0 radical (unpaired) electrons. The van der Waals surface area contributed by atoms with E-state index in [4.69, 9.17) is 0 Å². The summed E-state index contributed by atoms with van der Waals surface area (Å²) in [7, 11) is 0. The zero-order valence-electron chi connectivity index (χ0n) is 12.8. The Morgan fingerprint density at radius 3 is 2.74 bits per heavy atom. The number of thiophene rings is 1. The van der Waals surface area contributed by atoms with Crippen molar-refractivity contribution in [3.05, 3.63) is 40.5 Å². The average molecular weight is 326 g/mol. The van der Waals surface area contributed by atoms with Crippen LogP contribution in [0.5, 0.6) is 0 Å². The first-order valence-electron chi connectivity index (χ1n) is 8.22. The lowest BCUT2D eigenvalue weighted by Crippen LogP contribution is -2.70. The van der Waals surface area contributed by atoms with Crippen LogP contribution in [0.25, 0.3) is 0 Å². The molecule has 23 heavy (non-hydrogen) atoms. The van der Waals surface area contributed by atoms with Crippen LogP contribution in [0.15, 0.2) is 29.9 Å². The van der Waals surface area contributed by atoms with Gasteiger partial charge in [0.2, 0.25) is 0 Å². The Kier molecular flexibility index (Phi) is 2.95. The molecule has 6 heteroatoms. The first kappa shape index (κ1) is 13.5. The van der Waals surface area contributed by atoms with E-state index in [1.807, 2.05) is 17.5 Å². The Hall–Kier alpha value is -1.95. The highest BCUT2D eigenvalue weighted by molar-refractivity contribution is 7.12. The number of carbonyl (C=O) groups excluding carboxylic acids is 1. The molecule has 6 rings (SSSR count). The number of rotatable bonds is 3. The maximum atomic E-state index is 12.6. The minimum absolute atomic E-state index is 0.197. The molecule has 1 amide bonds. The Balaban J connectivity index is 1.32. The molecular weight excluding hydrogens is 308 g/mol. The zero-order valence-corrected chi connectivity index (χ0v) is 13.6. The molecule has 2 bridgehead atoms. The highest BCUT2D eigenvalue weighted by atomic mass is 32.1. The molecule has 0 N–H and O–H groups in total. The van der Waals surface area contributed by atoms with E-state index in [-0.39, 0.29) is 5.91 Å². The molecule has 2 aromatic heterocycles. The fraction of sp³-hybridized carbons (Fsp3) is 0.471. The summed E-state index contributed by atoms with van der Waals surface area (Å²) in [6.07, 6.45) is 5.32. The number of amides is 1. The summed E-state index contributed by atoms with van der Waals surface area (Å²) in [5.74, 6) is 1.87. The van der Waals surface area contributed by atoms with E-state index < -0.39 is 0 Å². The molecule has 5 nitrogen and oxygen atoms in total. The SMILES string of the molecule is O=C(c1cccs1)N1C2CC1CN(c1cc(C3CC3)ncn1)C2. The number of anilines is 1. The third kappa shape index (κ3) is 2.24. The Morgan fingerprint density at radius 1 is 1.22 bits per heavy atom. The van der Waals surface area contributed by atoms with Gasteiger partial charge in [0.15, 0.2) is 0 Å². The Labute approximate surface area is 139 Å². The van der Waals surface area contributed by atoms with Gasteiger partial charge in [-0.15, -0.1) is 11.3 Å². The van der Waals surface area contributed by atoms with Gasteiger partial charge in [-0.3, -0.25) is 4.79 Å². The second-order valence-electron chi connectivity index (χ2n) is 6.71. The molecule has 2 atom stereocenters. The summed E-state index contributed by atoms with van der Waals surface area (Å²) in [6, 6.07) is 6.66. The number of hydrogen-bond acceptors (Lipinski definition) is 5. The maximum Gasteiger partial charge on any atom is 0.264 e. The molecule has 1 saturated carbocycles. The predicted octanol–water partition coefficient (Wildman–Crippen LogP) is 2.52. The van der Waals surface area contributed by atoms with Crippen LogP contribution in [-0.2, 0) is 0 Å². The summed E-state index contributed by atoms with van der Waals surface area (Å²) in [5, 5.41) is 1.97. The predicted molar refractivity (Wildman–Crippen MR) is 88.9 cm³/mol. The number of nitrogens with zero attached hydrogens (tertiary/aromatic N) is 4. The van der Waals surface area contributed by atoms with Gasteiger partial charge in [0.1, 0.15) is 12.1 Å². The first-order valence-corrected chi connectivity index (χ1v) is 9.10. The van der Waals surface area contributed by atoms with E-state index >= 15 is 0 Å². The smallest absolute Gasteiger partial charge is 0.264 e. The fourth-order valence-electron chi connectivity index (χ4n) is 3.79. The van der Waals surface area contributed by atoms with Crippen LogP contribution in [0.2, 0.25) is 0 Å². The maximum absolute atomic E-state index is 12.6. The molecule has 3 saturated heterocycles. The van der Waals surface area contributed by atoms with Gasteiger partial charge in [-0.05, 0) is 30.7 Å². The third-order valence-electron chi connectivity index (χ3n) is 5.15. The van der Waals surface area contributed by atoms with Gasteiger partial charge in [-0.2, -0.15) is 0 Å². The van der Waals surface area contributed by atoms with Crippen molar-refractivity contribution in [2.45, 2.75) is 37.3 Å². The monoisotopic (exact) mass is 326 g/mol. The average Bonchev–Trinajstić information content (AvgIpc) is 3.29. The topological polar surface area (TPSA) is 49.3 Å². The van der Waals surface area contributed by atoms with Crippen molar-refractivity contribution in [1.29, 1.82) is 0 Å². The lowest BCUT2D eigenvalue weighted by atomic mass is 9.87. The lowest BCUT2D eigenvalue weighted by Gasteiger charge is -2.56. The molecule has 0 spiro atoms. The highest BCUT2D eigenvalue weighted by Crippen LogP contribution is 2.40. The van der Waals surface area contributed by atoms with Gasteiger partial charge >= 0.3 is 0 Å². The summed E-state index contributed by atoms with van der Waals surface area (Å²) in [4.78, 5) is 26.7. The summed E-state index contributed by atoms with van der Waals surface area (Å²) in [5.41, 5.74) is 1.18. The summed E-state index contributed by atoms with van der Waals surface area (Å²) >= 11 is 1.53. The van der Waals surface area contributed by atoms with Gasteiger partial charge in [-0.1, -0.05) is 6.07 Å². The molecule has 1 aliphatic carbocycles. The summed E-state index contributed by atoms with van der Waals surface area (Å²) in [6.45, 7) is 1.77. The van der Waals surface area contributed by atoms with Crippen LogP contribution in [0.1, 0.15) is 40.5 Å². The van der Waals surface area contributed by atoms with Crippen molar-refractivity contribution < 1.29 is 4.79 Å². The van der Waals surface area contributed by atoms with E-state index in [1.165, 1.54) is 29.9 Å². The normalized spacial score (nSPS) is 26.1. The van der Waals surface area contributed by atoms with Crippen LogP contribution in [-0.4, -0.2) is 45.9 Å². The second kappa shape index (κ2) is 5.03. The number of aromatic nitrogens is 2. The van der Waals surface area contributed by atoms with Crippen molar-refractivity contribution in [3.63, 3.8) is 0 Å². The summed E-state index contributed by atoms with van der Waals surface area (Å²) < 4.78 is 0. The molecule has 3 aliphatic heterocycles. The molecule has 4 fully saturated rings. The van der Waals surface area contributed by atoms with Crippen molar-refractivity contribution in [2.24, 2.45) is 0 Å². The van der Waals surface area contributed by atoms with E-state index in [0.29, 0.717) is 18.0 Å². The van der Waals surface area contributed by atoms with Gasteiger partial charge < -0.3 is 9.80 Å². The van der Waals surface area contributed by atoms with Crippen molar-refractivity contribution >= 4 is 23.1 Å². The van der Waals surface area contributed by atoms with Crippen molar-refractivity contribution in [2.75, 3.05) is 18.0 Å². The third-order valence-corrected chi connectivity index (χ3v) is 6.01. The number of hydrogen-bond donors (Lipinski definition) is 0. The number of fused-ring (bicyclic) bond motifs is 2. The highest BCUT2D eigenvalue weighted by Gasteiger charge is 2.47. The second-order valence-corrected chi connectivity index (χ2v) is 7.66. The number of piperidine rings is 1. The fourth-order valence-corrected chi connectivity index (χ4v) is 4.46. The van der Waals surface area contributed by atoms with Gasteiger partial charge in [0.25, 0.3) is 5.91 Å². The zero-order chi connectivity index (χ0) is 15.4. The minimum atomic E-state index is 0.197. The molecule has 2 aromatic rings. The molecular formula is C17H18N4OS. The van der Waals surface area contributed by atoms with Crippen LogP contribution < -0.4 is 4.90 Å². The van der Waals surface area contributed by atoms with Crippen LogP contribution in [0.3, 0.4) is 0 Å². The van der Waals surface area contributed by atoms with Gasteiger partial charge in [0.05, 0.1) is 17.0 Å². The Bertz CT molecular complexity index is 731. The molecule has 118 valence electrons. The first-order chi connectivity index (χ1) is 11.3. The quantitative estimate of drug-likeness (QED) is 0.870. The lowest BCUT2D eigenvalue weighted by molar-refractivity contribution is 0.00620. The molecule has 0 aromatic carbocycles. The van der Waals surface area contributed by atoms with E-state index in [1.54, 1.807) is 6.33 Å². The molecule has 2 unspecified atom stereocenters. The van der Waals surface area contributed by atoms with Crippen LogP contribution in [0.4, 0.5) is 5.82 Å². The van der Waals surface area contributed by atoms with Gasteiger partial charge in [0, 0.05) is 30.8 Å². The van der Waals surface area contributed by atoms with E-state index in [9.17, 15) is 4.79 Å².